The highest BCUT2D eigenvalue weighted by Gasteiger charge is 2.00. The molecule has 0 saturated heterocycles. The van der Waals surface area contributed by atoms with Gasteiger partial charge in [0.05, 0.1) is 0 Å². The van der Waals surface area contributed by atoms with Gasteiger partial charge in [-0.05, 0) is 12.8 Å². The molecule has 1 heteroatoms. The van der Waals surface area contributed by atoms with Gasteiger partial charge in [0.25, 0.3) is 0 Å². The summed E-state index contributed by atoms with van der Waals surface area (Å²) in [6, 6.07) is 0.216. The van der Waals surface area contributed by atoms with Crippen LogP contribution in [-0.2, 0) is 0 Å². The Morgan fingerprint density at radius 1 is 0.526 bits per heavy atom. The zero-order valence-electron chi connectivity index (χ0n) is 13.7. The van der Waals surface area contributed by atoms with Gasteiger partial charge in [-0.15, -0.1) is 0 Å². The molecule has 0 spiro atoms. The maximum absolute atomic E-state index is 7.81. The summed E-state index contributed by atoms with van der Waals surface area (Å²) in [5, 5.41) is 0. The van der Waals surface area contributed by atoms with Crippen LogP contribution in [0.1, 0.15) is 110 Å². The predicted molar refractivity (Wildman–Crippen MR) is 87.5 cm³/mol. The maximum Gasteiger partial charge on any atom is 0.0212 e. The summed E-state index contributed by atoms with van der Waals surface area (Å²) in [4.78, 5) is 0. The molecule has 0 heterocycles. The second-order valence-corrected chi connectivity index (χ2v) is 6.16. The molecule has 1 unspecified atom stereocenters. The number of nitrogens with one attached hydrogen (secondary N) is 1. The van der Waals surface area contributed by atoms with Crippen LogP contribution in [-0.4, -0.2) is 6.04 Å². The van der Waals surface area contributed by atoms with Gasteiger partial charge >= 0.3 is 0 Å². The summed E-state index contributed by atoms with van der Waals surface area (Å²) in [5.41, 5.74) is 7.81. The average Bonchev–Trinajstić information content (AvgIpc) is 2.40. The van der Waals surface area contributed by atoms with Crippen molar-refractivity contribution in [3.05, 3.63) is 0 Å². The van der Waals surface area contributed by atoms with E-state index < -0.39 is 0 Å². The van der Waals surface area contributed by atoms with Gasteiger partial charge in [-0.2, -0.15) is 0 Å². The molecule has 0 aliphatic heterocycles. The van der Waals surface area contributed by atoms with E-state index in [1.807, 2.05) is 0 Å². The molecule has 0 aromatic carbocycles. The largest absolute Gasteiger partial charge is 0.255 e. The molecule has 0 aliphatic rings. The summed E-state index contributed by atoms with van der Waals surface area (Å²) in [6.07, 6.45) is 20.3. The lowest BCUT2D eigenvalue weighted by molar-refractivity contribution is 0.493. The molecule has 1 N–H and O–H groups in total. The number of hydrogen-bond acceptors (Lipinski definition) is 0. The molecule has 115 valence electrons. The molecule has 19 heavy (non-hydrogen) atoms. The minimum absolute atomic E-state index is 0.216. The topological polar surface area (TPSA) is 23.8 Å². The van der Waals surface area contributed by atoms with Gasteiger partial charge in [0.2, 0.25) is 0 Å². The van der Waals surface area contributed by atoms with E-state index in [1.54, 1.807) is 0 Å². The minimum atomic E-state index is 0.216. The van der Waals surface area contributed by atoms with E-state index in [9.17, 15) is 0 Å². The molecule has 0 saturated carbocycles. The summed E-state index contributed by atoms with van der Waals surface area (Å²) in [5.74, 6) is 0. The van der Waals surface area contributed by atoms with E-state index in [4.69, 9.17) is 5.73 Å². The highest BCUT2D eigenvalue weighted by Crippen LogP contribution is 2.13. The highest BCUT2D eigenvalue weighted by atomic mass is 14.6. The van der Waals surface area contributed by atoms with Crippen molar-refractivity contribution >= 4 is 0 Å². The zero-order valence-corrected chi connectivity index (χ0v) is 13.7. The Kier molecular flexibility index (Phi) is 16.0. The van der Waals surface area contributed by atoms with Crippen LogP contribution < -0.4 is 5.73 Å². The fourth-order valence-electron chi connectivity index (χ4n) is 2.72. The van der Waals surface area contributed by atoms with Crippen LogP contribution in [0.15, 0.2) is 0 Å². The molecule has 0 aromatic rings. The molecule has 0 fully saturated rings. The first-order valence-electron chi connectivity index (χ1n) is 9.02. The summed E-state index contributed by atoms with van der Waals surface area (Å²) in [7, 11) is 0. The van der Waals surface area contributed by atoms with Gasteiger partial charge in [0.15, 0.2) is 0 Å². The summed E-state index contributed by atoms with van der Waals surface area (Å²) in [6.45, 7) is 4.47. The lowest BCUT2D eigenvalue weighted by atomic mass is 10.0. The quantitative estimate of drug-likeness (QED) is 0.301. The number of hydrogen-bond donors (Lipinski definition) is 0. The minimum Gasteiger partial charge on any atom is -0.255 e. The predicted octanol–water partition coefficient (Wildman–Crippen LogP) is 6.53. The van der Waals surface area contributed by atoms with Crippen LogP contribution in [0.25, 0.3) is 0 Å². The maximum atomic E-state index is 7.81. The van der Waals surface area contributed by atoms with E-state index in [2.05, 4.69) is 13.8 Å². The summed E-state index contributed by atoms with van der Waals surface area (Å²) < 4.78 is 0. The van der Waals surface area contributed by atoms with Crippen molar-refractivity contribution in [3.8, 4) is 0 Å². The van der Waals surface area contributed by atoms with E-state index >= 15 is 0 Å². The average molecular weight is 269 g/mol. The third-order valence-electron chi connectivity index (χ3n) is 4.04. The fraction of sp³-hybridized carbons (Fsp3) is 1.00. The molecular weight excluding hydrogens is 230 g/mol. The highest BCUT2D eigenvalue weighted by molar-refractivity contribution is 4.59. The molecule has 0 aromatic heterocycles. The van der Waals surface area contributed by atoms with Gasteiger partial charge in [0, 0.05) is 6.04 Å². The van der Waals surface area contributed by atoms with Gasteiger partial charge in [-0.25, -0.2) is 0 Å². The molecule has 1 radical (unpaired) electrons. The normalized spacial score (nSPS) is 12.8. The molecule has 0 amide bonds. The lowest BCUT2D eigenvalue weighted by Gasteiger charge is -2.08. The van der Waals surface area contributed by atoms with Gasteiger partial charge in [0.1, 0.15) is 0 Å². The number of unbranched alkanes of at least 4 members (excludes halogenated alkanes) is 11. The Morgan fingerprint density at radius 3 is 1.37 bits per heavy atom. The lowest BCUT2D eigenvalue weighted by Crippen LogP contribution is -2.07. The van der Waals surface area contributed by atoms with Crippen molar-refractivity contribution in [2.24, 2.45) is 0 Å². The van der Waals surface area contributed by atoms with E-state index in [0.29, 0.717) is 0 Å². The number of rotatable bonds is 15. The van der Waals surface area contributed by atoms with E-state index in [1.165, 1.54) is 83.5 Å². The van der Waals surface area contributed by atoms with Crippen LogP contribution >= 0.6 is 0 Å². The standard InChI is InChI=1S/C18H38N/c1-3-5-6-7-8-9-10-11-12-13-14-15-17-18(19)16-4-2/h18-19H,3-17H2,1-2H3. The molecule has 0 rings (SSSR count). The van der Waals surface area contributed by atoms with Crippen molar-refractivity contribution in [2.45, 2.75) is 116 Å². The third kappa shape index (κ3) is 15.9. The van der Waals surface area contributed by atoms with Crippen molar-refractivity contribution in [2.75, 3.05) is 0 Å². The Hall–Kier alpha value is -0.0400. The smallest absolute Gasteiger partial charge is 0.0212 e. The molecule has 1 atom stereocenters. The second-order valence-electron chi connectivity index (χ2n) is 6.16. The van der Waals surface area contributed by atoms with Crippen molar-refractivity contribution < 1.29 is 0 Å². The Labute approximate surface area is 122 Å². The Bertz CT molecular complexity index is 156. The van der Waals surface area contributed by atoms with Crippen LogP contribution in [0.3, 0.4) is 0 Å². The van der Waals surface area contributed by atoms with Crippen LogP contribution in [0.4, 0.5) is 0 Å². The van der Waals surface area contributed by atoms with Crippen molar-refractivity contribution in [1.29, 1.82) is 0 Å². The SMILES string of the molecule is CCCCCCCCCCCCCCC([NH])CCC. The third-order valence-corrected chi connectivity index (χ3v) is 4.04. The monoisotopic (exact) mass is 268 g/mol. The van der Waals surface area contributed by atoms with Crippen molar-refractivity contribution in [1.82, 2.24) is 5.73 Å². The molecular formula is C18H38N. The molecule has 1 nitrogen and oxygen atoms in total. The van der Waals surface area contributed by atoms with Gasteiger partial charge in [-0.3, -0.25) is 5.73 Å². The first kappa shape index (κ1) is 19.0. The Morgan fingerprint density at radius 2 is 0.947 bits per heavy atom. The van der Waals surface area contributed by atoms with Crippen LogP contribution in [0, 0.1) is 0 Å². The molecule has 0 bridgehead atoms. The summed E-state index contributed by atoms with van der Waals surface area (Å²) >= 11 is 0. The first-order valence-corrected chi connectivity index (χ1v) is 9.02. The Balaban J connectivity index is 2.99. The first-order chi connectivity index (χ1) is 9.31. The zero-order chi connectivity index (χ0) is 14.2. The van der Waals surface area contributed by atoms with Crippen LogP contribution in [0.2, 0.25) is 0 Å². The fourth-order valence-corrected chi connectivity index (χ4v) is 2.72. The van der Waals surface area contributed by atoms with Gasteiger partial charge in [-0.1, -0.05) is 97.3 Å². The molecule has 0 aliphatic carbocycles. The van der Waals surface area contributed by atoms with Crippen molar-refractivity contribution in [3.63, 3.8) is 0 Å². The second kappa shape index (κ2) is 16.0. The van der Waals surface area contributed by atoms with E-state index in [-0.39, 0.29) is 6.04 Å². The van der Waals surface area contributed by atoms with Crippen LogP contribution in [0.5, 0.6) is 0 Å². The van der Waals surface area contributed by atoms with Gasteiger partial charge < -0.3 is 0 Å². The van der Waals surface area contributed by atoms with E-state index in [0.717, 1.165) is 12.8 Å².